The maximum atomic E-state index is 12.9. The average molecular weight is 328 g/mol. The van der Waals surface area contributed by atoms with E-state index in [4.69, 9.17) is 0 Å². The van der Waals surface area contributed by atoms with Gasteiger partial charge in [0.1, 0.15) is 0 Å². The van der Waals surface area contributed by atoms with E-state index in [0.29, 0.717) is 6.04 Å². The summed E-state index contributed by atoms with van der Waals surface area (Å²) in [6, 6.07) is 5.40. The standard InChI is InChI=1S/C17H23F3N2O/c1-22(13-8-4-2-3-5-9-13)12-16(23)21-15-11-7-6-10-14(15)17(18,19)20/h6-7,10-11,13H,2-5,8-9,12H2,1H3,(H,21,23). The van der Waals surface area contributed by atoms with Gasteiger partial charge in [0.2, 0.25) is 5.91 Å². The van der Waals surface area contributed by atoms with Gasteiger partial charge >= 0.3 is 6.18 Å². The molecule has 0 unspecified atom stereocenters. The number of carbonyl (C=O) groups excluding carboxylic acids is 1. The normalized spacial score (nSPS) is 17.1. The Morgan fingerprint density at radius 2 is 1.78 bits per heavy atom. The van der Waals surface area contributed by atoms with Crippen LogP contribution in [0.1, 0.15) is 44.1 Å². The van der Waals surface area contributed by atoms with Crippen LogP contribution in [0, 0.1) is 0 Å². The molecule has 23 heavy (non-hydrogen) atoms. The van der Waals surface area contributed by atoms with Crippen LogP contribution in [0.5, 0.6) is 0 Å². The van der Waals surface area contributed by atoms with Crippen molar-refractivity contribution in [3.63, 3.8) is 0 Å². The Morgan fingerprint density at radius 3 is 2.39 bits per heavy atom. The van der Waals surface area contributed by atoms with Crippen LogP contribution >= 0.6 is 0 Å². The van der Waals surface area contributed by atoms with Gasteiger partial charge in [-0.15, -0.1) is 0 Å². The summed E-state index contributed by atoms with van der Waals surface area (Å²) in [6.07, 6.45) is 2.34. The van der Waals surface area contributed by atoms with Gasteiger partial charge in [-0.1, -0.05) is 37.8 Å². The fraction of sp³-hybridized carbons (Fsp3) is 0.588. The number of alkyl halides is 3. The molecular weight excluding hydrogens is 305 g/mol. The molecule has 1 saturated carbocycles. The summed E-state index contributed by atoms with van der Waals surface area (Å²) in [5.74, 6) is -0.409. The number of para-hydroxylation sites is 1. The molecule has 1 aliphatic rings. The fourth-order valence-electron chi connectivity index (χ4n) is 3.08. The Bertz CT molecular complexity index is 523. The van der Waals surface area contributed by atoms with Gasteiger partial charge < -0.3 is 5.32 Å². The number of halogens is 3. The molecule has 128 valence electrons. The van der Waals surface area contributed by atoms with Crippen molar-refractivity contribution in [2.75, 3.05) is 18.9 Å². The molecule has 2 rings (SSSR count). The Hall–Kier alpha value is -1.56. The Balaban J connectivity index is 1.97. The molecule has 0 radical (unpaired) electrons. The van der Waals surface area contributed by atoms with E-state index in [1.165, 1.54) is 31.0 Å². The topological polar surface area (TPSA) is 32.3 Å². The summed E-state index contributed by atoms with van der Waals surface area (Å²) in [7, 11) is 1.87. The SMILES string of the molecule is CN(CC(=O)Nc1ccccc1C(F)(F)F)C1CCCCCC1. The van der Waals surface area contributed by atoms with E-state index in [2.05, 4.69) is 5.32 Å². The first-order valence-corrected chi connectivity index (χ1v) is 8.04. The van der Waals surface area contributed by atoms with Gasteiger partial charge in [0.25, 0.3) is 0 Å². The lowest BCUT2D eigenvalue weighted by atomic mass is 10.1. The average Bonchev–Trinajstić information content (AvgIpc) is 2.75. The molecule has 1 aromatic rings. The van der Waals surface area contributed by atoms with Gasteiger partial charge in [-0.3, -0.25) is 9.69 Å². The van der Waals surface area contributed by atoms with Crippen molar-refractivity contribution >= 4 is 11.6 Å². The monoisotopic (exact) mass is 328 g/mol. The molecule has 1 N–H and O–H groups in total. The molecule has 1 aromatic carbocycles. The lowest BCUT2D eigenvalue weighted by molar-refractivity contribution is -0.137. The van der Waals surface area contributed by atoms with Crippen LogP contribution < -0.4 is 5.32 Å². The number of benzene rings is 1. The van der Waals surface area contributed by atoms with Crippen LogP contribution in [0.3, 0.4) is 0 Å². The number of carbonyl (C=O) groups is 1. The van der Waals surface area contributed by atoms with Crippen molar-refractivity contribution in [3.8, 4) is 0 Å². The zero-order valence-corrected chi connectivity index (χ0v) is 13.3. The minimum Gasteiger partial charge on any atom is -0.324 e. The largest absolute Gasteiger partial charge is 0.418 e. The molecular formula is C17H23F3N2O. The maximum absolute atomic E-state index is 12.9. The minimum absolute atomic E-state index is 0.108. The van der Waals surface area contributed by atoms with Crippen molar-refractivity contribution in [1.82, 2.24) is 4.90 Å². The van der Waals surface area contributed by atoms with E-state index in [1.807, 2.05) is 11.9 Å². The molecule has 0 spiro atoms. The first-order chi connectivity index (χ1) is 10.9. The number of hydrogen-bond donors (Lipinski definition) is 1. The Labute approximate surface area is 134 Å². The molecule has 0 bridgehead atoms. The molecule has 0 heterocycles. The first kappa shape index (κ1) is 17.8. The lowest BCUT2D eigenvalue weighted by Gasteiger charge is -2.26. The van der Waals surface area contributed by atoms with Crippen LogP contribution in [0.15, 0.2) is 24.3 Å². The van der Waals surface area contributed by atoms with Crippen LogP contribution in [0.2, 0.25) is 0 Å². The van der Waals surface area contributed by atoms with Crippen molar-refractivity contribution in [3.05, 3.63) is 29.8 Å². The number of nitrogens with one attached hydrogen (secondary N) is 1. The molecule has 1 amide bonds. The van der Waals surface area contributed by atoms with Gasteiger partial charge in [-0.25, -0.2) is 0 Å². The fourth-order valence-corrected chi connectivity index (χ4v) is 3.08. The van der Waals surface area contributed by atoms with E-state index in [9.17, 15) is 18.0 Å². The lowest BCUT2D eigenvalue weighted by Crippen LogP contribution is -2.38. The van der Waals surface area contributed by atoms with E-state index >= 15 is 0 Å². The zero-order chi connectivity index (χ0) is 16.9. The highest BCUT2D eigenvalue weighted by Gasteiger charge is 2.33. The highest BCUT2D eigenvalue weighted by atomic mass is 19.4. The first-order valence-electron chi connectivity index (χ1n) is 8.04. The van der Waals surface area contributed by atoms with Gasteiger partial charge in [0, 0.05) is 6.04 Å². The molecule has 6 heteroatoms. The third-order valence-corrected chi connectivity index (χ3v) is 4.35. The summed E-state index contributed by atoms with van der Waals surface area (Å²) >= 11 is 0. The minimum atomic E-state index is -4.48. The second-order valence-corrected chi connectivity index (χ2v) is 6.15. The van der Waals surface area contributed by atoms with Crippen molar-refractivity contribution in [2.45, 2.75) is 50.7 Å². The summed E-state index contributed by atoms with van der Waals surface area (Å²) in [6.45, 7) is 0.108. The predicted molar refractivity (Wildman–Crippen MR) is 84.2 cm³/mol. The highest BCUT2D eigenvalue weighted by Crippen LogP contribution is 2.34. The third kappa shape index (κ3) is 5.23. The number of nitrogens with zero attached hydrogens (tertiary/aromatic N) is 1. The molecule has 3 nitrogen and oxygen atoms in total. The van der Waals surface area contributed by atoms with Gasteiger partial charge in [-0.05, 0) is 32.0 Å². The molecule has 1 fully saturated rings. The molecule has 0 saturated heterocycles. The Morgan fingerprint density at radius 1 is 1.17 bits per heavy atom. The second-order valence-electron chi connectivity index (χ2n) is 6.15. The number of amides is 1. The van der Waals surface area contributed by atoms with Crippen LogP contribution in [0.25, 0.3) is 0 Å². The second kappa shape index (κ2) is 7.81. The summed E-state index contributed by atoms with van der Waals surface area (Å²) < 4.78 is 38.8. The van der Waals surface area contributed by atoms with Crippen molar-refractivity contribution in [1.29, 1.82) is 0 Å². The summed E-state index contributed by atoms with van der Waals surface area (Å²) in [5.41, 5.74) is -0.996. The molecule has 0 aliphatic heterocycles. The van der Waals surface area contributed by atoms with Gasteiger partial charge in [0.05, 0.1) is 17.8 Å². The van der Waals surface area contributed by atoms with Gasteiger partial charge in [-0.2, -0.15) is 13.2 Å². The number of likely N-dealkylation sites (N-methyl/N-ethyl adjacent to an activating group) is 1. The van der Waals surface area contributed by atoms with Crippen LogP contribution in [-0.4, -0.2) is 30.4 Å². The van der Waals surface area contributed by atoms with E-state index in [0.717, 1.165) is 31.7 Å². The smallest absolute Gasteiger partial charge is 0.324 e. The van der Waals surface area contributed by atoms with E-state index in [1.54, 1.807) is 0 Å². The quantitative estimate of drug-likeness (QED) is 0.836. The van der Waals surface area contributed by atoms with Crippen LogP contribution in [-0.2, 0) is 11.0 Å². The van der Waals surface area contributed by atoms with Gasteiger partial charge in [0.15, 0.2) is 0 Å². The summed E-state index contributed by atoms with van der Waals surface area (Å²) in [5, 5.41) is 2.40. The number of anilines is 1. The van der Waals surface area contributed by atoms with Crippen LogP contribution in [0.4, 0.5) is 18.9 Å². The van der Waals surface area contributed by atoms with E-state index in [-0.39, 0.29) is 12.2 Å². The van der Waals surface area contributed by atoms with Crippen molar-refractivity contribution in [2.24, 2.45) is 0 Å². The zero-order valence-electron chi connectivity index (χ0n) is 13.3. The molecule has 1 aliphatic carbocycles. The highest BCUT2D eigenvalue weighted by molar-refractivity contribution is 5.93. The van der Waals surface area contributed by atoms with E-state index < -0.39 is 17.6 Å². The third-order valence-electron chi connectivity index (χ3n) is 4.35. The predicted octanol–water partition coefficient (Wildman–Crippen LogP) is 4.30. The number of hydrogen-bond acceptors (Lipinski definition) is 2. The summed E-state index contributed by atoms with van der Waals surface area (Å²) in [4.78, 5) is 14.1. The Kier molecular flexibility index (Phi) is 6.04. The molecule has 0 atom stereocenters. The molecule has 0 aromatic heterocycles. The number of rotatable bonds is 4. The van der Waals surface area contributed by atoms with Crippen molar-refractivity contribution < 1.29 is 18.0 Å². The maximum Gasteiger partial charge on any atom is 0.418 e.